The molecule has 2 aromatic heterocycles. The molecule has 0 bridgehead atoms. The number of aromatic nitrogens is 1. The maximum Gasteiger partial charge on any atom is 0.295 e. The van der Waals surface area contributed by atoms with Crippen molar-refractivity contribution in [2.75, 3.05) is 38.2 Å². The van der Waals surface area contributed by atoms with Crippen molar-refractivity contribution in [3.63, 3.8) is 0 Å². The summed E-state index contributed by atoms with van der Waals surface area (Å²) < 4.78 is 39.5. The number of carbonyl (C=O) groups excluding carboxylic acids is 1. The van der Waals surface area contributed by atoms with Crippen LogP contribution in [0.1, 0.15) is 24.4 Å². The molecule has 0 aliphatic heterocycles. The first-order chi connectivity index (χ1) is 15.4. The molecule has 0 unspecified atom stereocenters. The zero-order valence-electron chi connectivity index (χ0n) is 18.0. The maximum atomic E-state index is 14.3. The molecule has 0 saturated heterocycles. The quantitative estimate of drug-likeness (QED) is 0.357. The number of anilines is 1. The van der Waals surface area contributed by atoms with Gasteiger partial charge in [-0.2, -0.15) is 0 Å². The predicted octanol–water partition coefficient (Wildman–Crippen LogP) is 5.32. The standard InChI is InChI=1S/C23H23F2N3O3S/c1-4-27(5-2)9-10-28(23-26-20-16(25)12-15(24)13-19(20)32-23)22(29)18-11-14-7-6-8-17(30-3)21(14)31-18/h6-8,11-13H,4-5,9-10H2,1-3H3. The van der Waals surface area contributed by atoms with Crippen molar-refractivity contribution < 1.29 is 22.7 Å². The van der Waals surface area contributed by atoms with Crippen molar-refractivity contribution in [3.8, 4) is 5.75 Å². The second kappa shape index (κ2) is 9.22. The van der Waals surface area contributed by atoms with Crippen LogP contribution < -0.4 is 9.64 Å². The SMILES string of the molecule is CCN(CC)CCN(C(=O)c1cc2cccc(OC)c2o1)c1nc2c(F)cc(F)cc2s1. The number of likely N-dealkylation sites (N-methyl/N-ethyl adjacent to an activating group) is 1. The molecule has 0 N–H and O–H groups in total. The Bertz CT molecular complexity index is 1270. The van der Waals surface area contributed by atoms with Gasteiger partial charge < -0.3 is 14.1 Å². The van der Waals surface area contributed by atoms with Gasteiger partial charge in [-0.1, -0.05) is 37.3 Å². The van der Waals surface area contributed by atoms with E-state index in [1.54, 1.807) is 12.1 Å². The number of nitrogens with zero attached hydrogens (tertiary/aromatic N) is 3. The van der Waals surface area contributed by atoms with E-state index in [-0.39, 0.29) is 16.4 Å². The number of thiazole rings is 1. The van der Waals surface area contributed by atoms with E-state index in [2.05, 4.69) is 9.88 Å². The summed E-state index contributed by atoms with van der Waals surface area (Å²) in [5.74, 6) is -1.21. The third kappa shape index (κ3) is 4.18. The molecule has 6 nitrogen and oxygen atoms in total. The van der Waals surface area contributed by atoms with Crippen molar-refractivity contribution in [2.45, 2.75) is 13.8 Å². The second-order valence-electron chi connectivity index (χ2n) is 7.20. The Morgan fingerprint density at radius 1 is 1.16 bits per heavy atom. The van der Waals surface area contributed by atoms with Gasteiger partial charge in [-0.3, -0.25) is 9.69 Å². The Balaban J connectivity index is 1.75. The van der Waals surface area contributed by atoms with Gasteiger partial charge in [-0.15, -0.1) is 0 Å². The van der Waals surface area contributed by atoms with E-state index in [4.69, 9.17) is 9.15 Å². The topological polar surface area (TPSA) is 58.8 Å². The average molecular weight is 460 g/mol. The molecule has 0 aliphatic rings. The summed E-state index contributed by atoms with van der Waals surface area (Å²) in [6.45, 7) is 6.63. The number of benzene rings is 2. The van der Waals surface area contributed by atoms with Gasteiger partial charge in [0.15, 0.2) is 28.0 Å². The molecule has 1 amide bonds. The van der Waals surface area contributed by atoms with E-state index >= 15 is 0 Å². The molecule has 2 aromatic carbocycles. The van der Waals surface area contributed by atoms with Crippen molar-refractivity contribution in [3.05, 3.63) is 53.8 Å². The number of para-hydroxylation sites is 1. The fraction of sp³-hybridized carbons (Fsp3) is 0.304. The largest absolute Gasteiger partial charge is 0.493 e. The van der Waals surface area contributed by atoms with Crippen LogP contribution in [0.3, 0.4) is 0 Å². The molecular weight excluding hydrogens is 436 g/mol. The van der Waals surface area contributed by atoms with Gasteiger partial charge in [0.1, 0.15) is 11.3 Å². The van der Waals surface area contributed by atoms with Crippen LogP contribution in [0.2, 0.25) is 0 Å². The molecule has 4 rings (SSSR count). The molecule has 168 valence electrons. The maximum absolute atomic E-state index is 14.3. The summed E-state index contributed by atoms with van der Waals surface area (Å²) in [6, 6.07) is 9.06. The van der Waals surface area contributed by atoms with Crippen LogP contribution in [-0.2, 0) is 0 Å². The number of amides is 1. The Hall–Kier alpha value is -3.04. The van der Waals surface area contributed by atoms with E-state index in [1.165, 1.54) is 18.1 Å². The van der Waals surface area contributed by atoms with Gasteiger partial charge in [0.05, 0.1) is 11.8 Å². The van der Waals surface area contributed by atoms with Crippen LogP contribution in [0.15, 0.2) is 40.8 Å². The molecule has 0 saturated carbocycles. The minimum Gasteiger partial charge on any atom is -0.493 e. The third-order valence-electron chi connectivity index (χ3n) is 5.35. The summed E-state index contributed by atoms with van der Waals surface area (Å²) in [5, 5.41) is 1.02. The normalized spacial score (nSPS) is 11.6. The molecule has 0 fully saturated rings. The molecule has 0 spiro atoms. The Labute approximate surface area is 188 Å². The third-order valence-corrected chi connectivity index (χ3v) is 6.38. The lowest BCUT2D eigenvalue weighted by atomic mass is 10.2. The Kier molecular flexibility index (Phi) is 6.38. The van der Waals surface area contributed by atoms with E-state index in [0.717, 1.165) is 35.9 Å². The number of rotatable bonds is 8. The molecule has 0 aliphatic carbocycles. The van der Waals surface area contributed by atoms with E-state index in [0.29, 0.717) is 29.1 Å². The first-order valence-electron chi connectivity index (χ1n) is 10.3. The van der Waals surface area contributed by atoms with Crippen molar-refractivity contribution in [2.24, 2.45) is 0 Å². The number of methoxy groups -OCH3 is 1. The number of furan rings is 1. The number of hydrogen-bond donors (Lipinski definition) is 0. The van der Waals surface area contributed by atoms with Gasteiger partial charge in [-0.05, 0) is 31.3 Å². The predicted molar refractivity (Wildman–Crippen MR) is 122 cm³/mol. The van der Waals surface area contributed by atoms with Crippen LogP contribution in [0.5, 0.6) is 5.75 Å². The molecule has 2 heterocycles. The van der Waals surface area contributed by atoms with Crippen LogP contribution >= 0.6 is 11.3 Å². The van der Waals surface area contributed by atoms with Crippen LogP contribution in [0.25, 0.3) is 21.2 Å². The number of carbonyl (C=O) groups is 1. The first kappa shape index (κ1) is 22.2. The van der Waals surface area contributed by atoms with Gasteiger partial charge in [0.25, 0.3) is 5.91 Å². The summed E-state index contributed by atoms with van der Waals surface area (Å²) in [4.78, 5) is 21.4. The lowest BCUT2D eigenvalue weighted by Gasteiger charge is -2.24. The zero-order chi connectivity index (χ0) is 22.8. The monoisotopic (exact) mass is 459 g/mol. The summed E-state index contributed by atoms with van der Waals surface area (Å²) in [6.07, 6.45) is 0. The van der Waals surface area contributed by atoms with Crippen LogP contribution in [0, 0.1) is 11.6 Å². The van der Waals surface area contributed by atoms with Crippen LogP contribution in [0.4, 0.5) is 13.9 Å². The first-order valence-corrected chi connectivity index (χ1v) is 11.1. The van der Waals surface area contributed by atoms with Gasteiger partial charge in [-0.25, -0.2) is 13.8 Å². The van der Waals surface area contributed by atoms with Crippen molar-refractivity contribution in [1.82, 2.24) is 9.88 Å². The summed E-state index contributed by atoms with van der Waals surface area (Å²) >= 11 is 1.07. The average Bonchev–Trinajstić information content (AvgIpc) is 3.40. The zero-order valence-corrected chi connectivity index (χ0v) is 18.8. The Morgan fingerprint density at radius 2 is 1.94 bits per heavy atom. The highest BCUT2D eigenvalue weighted by molar-refractivity contribution is 7.22. The highest BCUT2D eigenvalue weighted by Crippen LogP contribution is 2.34. The van der Waals surface area contributed by atoms with Crippen molar-refractivity contribution >= 4 is 43.6 Å². The molecule has 0 atom stereocenters. The Morgan fingerprint density at radius 3 is 2.66 bits per heavy atom. The second-order valence-corrected chi connectivity index (χ2v) is 8.21. The van der Waals surface area contributed by atoms with Crippen LogP contribution in [-0.4, -0.2) is 49.1 Å². The highest BCUT2D eigenvalue weighted by Gasteiger charge is 2.26. The number of ether oxygens (including phenoxy) is 1. The fourth-order valence-corrected chi connectivity index (χ4v) is 4.59. The number of halogens is 2. The molecule has 32 heavy (non-hydrogen) atoms. The van der Waals surface area contributed by atoms with Gasteiger partial charge in [0, 0.05) is 24.5 Å². The molecule has 4 aromatic rings. The highest BCUT2D eigenvalue weighted by atomic mass is 32.1. The number of hydrogen-bond acceptors (Lipinski definition) is 6. The minimum atomic E-state index is -0.757. The number of fused-ring (bicyclic) bond motifs is 2. The lowest BCUT2D eigenvalue weighted by molar-refractivity contribution is 0.0959. The molecule has 9 heteroatoms. The lowest BCUT2D eigenvalue weighted by Crippen LogP contribution is -2.38. The smallest absolute Gasteiger partial charge is 0.295 e. The van der Waals surface area contributed by atoms with Crippen molar-refractivity contribution in [1.29, 1.82) is 0 Å². The molecular formula is C23H23F2N3O3S. The minimum absolute atomic E-state index is 0.0401. The van der Waals surface area contributed by atoms with E-state index < -0.39 is 17.5 Å². The fourth-order valence-electron chi connectivity index (χ4n) is 3.56. The molecule has 0 radical (unpaired) electrons. The van der Waals surface area contributed by atoms with Gasteiger partial charge >= 0.3 is 0 Å². The van der Waals surface area contributed by atoms with E-state index in [9.17, 15) is 13.6 Å². The van der Waals surface area contributed by atoms with Gasteiger partial charge in [0.2, 0.25) is 0 Å². The summed E-state index contributed by atoms with van der Waals surface area (Å²) in [5.41, 5.74) is 0.512. The van der Waals surface area contributed by atoms with E-state index in [1.807, 2.05) is 26.0 Å². The summed E-state index contributed by atoms with van der Waals surface area (Å²) in [7, 11) is 1.53.